The lowest BCUT2D eigenvalue weighted by Gasteiger charge is -2.08. The van der Waals surface area contributed by atoms with E-state index in [9.17, 15) is 0 Å². The fraction of sp³-hybridized carbons (Fsp3) is 0.500. The molecule has 0 saturated heterocycles. The van der Waals surface area contributed by atoms with Crippen LogP contribution in [-0.4, -0.2) is 36.5 Å². The van der Waals surface area contributed by atoms with Gasteiger partial charge in [-0.1, -0.05) is 25.7 Å². The molecule has 18 heavy (non-hydrogen) atoms. The summed E-state index contributed by atoms with van der Waals surface area (Å²) in [5, 5.41) is 8.60. The molecule has 1 N–H and O–H groups in total. The molecule has 1 heterocycles. The van der Waals surface area contributed by atoms with E-state index in [0.717, 1.165) is 12.2 Å². The highest BCUT2D eigenvalue weighted by Gasteiger charge is 1.97. The van der Waals surface area contributed by atoms with Crippen LogP contribution in [-0.2, 0) is 4.74 Å². The lowest BCUT2D eigenvalue weighted by Crippen LogP contribution is -2.10. The quantitative estimate of drug-likeness (QED) is 0.613. The lowest BCUT2D eigenvalue weighted by molar-refractivity contribution is 0.0818. The van der Waals surface area contributed by atoms with Crippen molar-refractivity contribution in [1.29, 1.82) is 0 Å². The summed E-state index contributed by atoms with van der Waals surface area (Å²) < 4.78 is 10.9. The Morgan fingerprint density at radius 2 is 2.17 bits per heavy atom. The monoisotopic (exact) mass is 249 g/mol. The first-order valence-electron chi connectivity index (χ1n) is 5.97. The number of hydrogen-bond donors (Lipinski definition) is 1. The maximum absolute atomic E-state index is 8.60. The van der Waals surface area contributed by atoms with Crippen molar-refractivity contribution in [2.45, 2.75) is 13.8 Å². The number of rotatable bonds is 6. The Morgan fingerprint density at radius 3 is 2.89 bits per heavy atom. The minimum absolute atomic E-state index is 0.159. The number of ether oxygens (including phenoxy) is 2. The Morgan fingerprint density at radius 1 is 1.33 bits per heavy atom. The van der Waals surface area contributed by atoms with Crippen LogP contribution in [0.2, 0.25) is 0 Å². The smallest absolute Gasteiger partial charge is 0.138 e. The minimum Gasteiger partial charge on any atom is -0.490 e. The van der Waals surface area contributed by atoms with Gasteiger partial charge in [0.05, 0.1) is 12.8 Å². The zero-order valence-corrected chi connectivity index (χ0v) is 10.8. The van der Waals surface area contributed by atoms with Gasteiger partial charge in [-0.05, 0) is 12.0 Å². The second kappa shape index (κ2) is 8.51. The van der Waals surface area contributed by atoms with Gasteiger partial charge in [0.25, 0.3) is 0 Å². The summed E-state index contributed by atoms with van der Waals surface area (Å²) in [7, 11) is 0. The zero-order chi connectivity index (χ0) is 13.2. The average molecular weight is 249 g/mol. The van der Waals surface area contributed by atoms with Crippen molar-refractivity contribution in [3.63, 3.8) is 0 Å². The van der Waals surface area contributed by atoms with E-state index in [0.29, 0.717) is 24.9 Å². The van der Waals surface area contributed by atoms with Crippen molar-refractivity contribution >= 4 is 0 Å². The van der Waals surface area contributed by atoms with E-state index in [4.69, 9.17) is 14.6 Å². The summed E-state index contributed by atoms with van der Waals surface area (Å²) in [6.45, 7) is 5.84. The summed E-state index contributed by atoms with van der Waals surface area (Å²) in [4.78, 5) is 4.01. The standard InChI is InChI=1S/C14H19NO3/c1-12(2)11-17-6-7-18-14-8-13(4-3-5-16)9-15-10-14/h8-10,12,16H,5-7,11H2,1-2H3. The van der Waals surface area contributed by atoms with Crippen LogP contribution in [0.1, 0.15) is 19.4 Å². The first-order chi connectivity index (χ1) is 8.72. The Kier molecular flexibility index (Phi) is 6.85. The maximum atomic E-state index is 8.60. The fourth-order valence-corrected chi connectivity index (χ4v) is 1.25. The Hall–Kier alpha value is -1.57. The predicted octanol–water partition coefficient (Wildman–Crippen LogP) is 1.48. The second-order valence-corrected chi connectivity index (χ2v) is 4.19. The van der Waals surface area contributed by atoms with Gasteiger partial charge in [-0.2, -0.15) is 0 Å². The lowest BCUT2D eigenvalue weighted by atomic mass is 10.2. The van der Waals surface area contributed by atoms with Gasteiger partial charge in [0.1, 0.15) is 19.0 Å². The van der Waals surface area contributed by atoms with Crippen molar-refractivity contribution < 1.29 is 14.6 Å². The molecule has 0 atom stereocenters. The molecule has 0 unspecified atom stereocenters. The third kappa shape index (κ3) is 6.24. The normalized spacial score (nSPS) is 10.0. The molecule has 1 aromatic heterocycles. The van der Waals surface area contributed by atoms with E-state index < -0.39 is 0 Å². The first-order valence-corrected chi connectivity index (χ1v) is 5.97. The van der Waals surface area contributed by atoms with Gasteiger partial charge in [0.15, 0.2) is 0 Å². The predicted molar refractivity (Wildman–Crippen MR) is 69.4 cm³/mol. The van der Waals surface area contributed by atoms with E-state index in [2.05, 4.69) is 30.7 Å². The van der Waals surface area contributed by atoms with Crippen molar-refractivity contribution in [1.82, 2.24) is 4.98 Å². The number of hydrogen-bond acceptors (Lipinski definition) is 4. The van der Waals surface area contributed by atoms with E-state index in [1.54, 1.807) is 18.5 Å². The number of aliphatic hydroxyl groups excluding tert-OH is 1. The number of aliphatic hydroxyl groups is 1. The highest BCUT2D eigenvalue weighted by atomic mass is 16.5. The number of pyridine rings is 1. The van der Waals surface area contributed by atoms with Crippen LogP contribution in [0.4, 0.5) is 0 Å². The molecule has 0 aliphatic rings. The van der Waals surface area contributed by atoms with Crippen LogP contribution < -0.4 is 4.74 Å². The zero-order valence-electron chi connectivity index (χ0n) is 10.8. The van der Waals surface area contributed by atoms with Crippen molar-refractivity contribution in [2.75, 3.05) is 26.4 Å². The fourth-order valence-electron chi connectivity index (χ4n) is 1.25. The molecule has 0 amide bonds. The van der Waals surface area contributed by atoms with E-state index >= 15 is 0 Å². The molecule has 0 fully saturated rings. The third-order valence-corrected chi connectivity index (χ3v) is 1.97. The largest absolute Gasteiger partial charge is 0.490 e. The maximum Gasteiger partial charge on any atom is 0.138 e. The Balaban J connectivity index is 2.34. The molecule has 0 radical (unpaired) electrons. The molecule has 0 bridgehead atoms. The van der Waals surface area contributed by atoms with Crippen LogP contribution in [0.5, 0.6) is 5.75 Å². The molecule has 98 valence electrons. The first kappa shape index (κ1) is 14.5. The van der Waals surface area contributed by atoms with Crippen LogP contribution in [0.25, 0.3) is 0 Å². The van der Waals surface area contributed by atoms with Crippen molar-refractivity contribution in [2.24, 2.45) is 5.92 Å². The van der Waals surface area contributed by atoms with Crippen LogP contribution in [0.3, 0.4) is 0 Å². The summed E-state index contributed by atoms with van der Waals surface area (Å²) in [5.74, 6) is 6.53. The molecular weight excluding hydrogens is 230 g/mol. The van der Waals surface area contributed by atoms with Gasteiger partial charge < -0.3 is 14.6 Å². The SMILES string of the molecule is CC(C)COCCOc1cncc(C#CCO)c1. The summed E-state index contributed by atoms with van der Waals surface area (Å²) in [6.07, 6.45) is 3.26. The van der Waals surface area contributed by atoms with E-state index in [-0.39, 0.29) is 6.61 Å². The molecule has 1 aromatic rings. The van der Waals surface area contributed by atoms with Gasteiger partial charge in [0, 0.05) is 18.4 Å². The number of nitrogens with zero attached hydrogens (tertiary/aromatic N) is 1. The van der Waals surface area contributed by atoms with Gasteiger partial charge in [0.2, 0.25) is 0 Å². The Labute approximate surface area is 108 Å². The molecule has 0 saturated carbocycles. The third-order valence-electron chi connectivity index (χ3n) is 1.97. The molecular formula is C14H19NO3. The topological polar surface area (TPSA) is 51.6 Å². The molecule has 0 aliphatic heterocycles. The van der Waals surface area contributed by atoms with Gasteiger partial charge >= 0.3 is 0 Å². The van der Waals surface area contributed by atoms with Crippen LogP contribution >= 0.6 is 0 Å². The van der Waals surface area contributed by atoms with Gasteiger partial charge in [-0.3, -0.25) is 4.98 Å². The molecule has 0 spiro atoms. The van der Waals surface area contributed by atoms with Gasteiger partial charge in [-0.25, -0.2) is 0 Å². The minimum atomic E-state index is -0.159. The van der Waals surface area contributed by atoms with Crippen molar-refractivity contribution in [3.8, 4) is 17.6 Å². The summed E-state index contributed by atoms with van der Waals surface area (Å²) in [5.41, 5.74) is 0.727. The summed E-state index contributed by atoms with van der Waals surface area (Å²) >= 11 is 0. The molecule has 1 rings (SSSR count). The average Bonchev–Trinajstić information content (AvgIpc) is 2.36. The highest BCUT2D eigenvalue weighted by molar-refractivity contribution is 5.36. The second-order valence-electron chi connectivity index (χ2n) is 4.19. The molecule has 4 nitrogen and oxygen atoms in total. The molecule has 0 aromatic carbocycles. The van der Waals surface area contributed by atoms with E-state index in [1.165, 1.54) is 0 Å². The van der Waals surface area contributed by atoms with Crippen molar-refractivity contribution in [3.05, 3.63) is 24.0 Å². The Bertz CT molecular complexity index is 407. The molecule has 4 heteroatoms. The molecule has 0 aliphatic carbocycles. The van der Waals surface area contributed by atoms with Crippen LogP contribution in [0.15, 0.2) is 18.5 Å². The van der Waals surface area contributed by atoms with E-state index in [1.807, 2.05) is 0 Å². The number of aromatic nitrogens is 1. The highest BCUT2D eigenvalue weighted by Crippen LogP contribution is 2.10. The van der Waals surface area contributed by atoms with Gasteiger partial charge in [-0.15, -0.1) is 0 Å². The summed E-state index contributed by atoms with van der Waals surface area (Å²) in [6, 6.07) is 1.79. The van der Waals surface area contributed by atoms with Crippen LogP contribution in [0, 0.1) is 17.8 Å².